The molecular formula is C18H13N3O6S. The molecule has 0 aliphatic rings. The van der Waals surface area contributed by atoms with E-state index in [0.717, 1.165) is 0 Å². The largest absolute Gasteiger partial charge is 0.508 e. The predicted molar refractivity (Wildman–Crippen MR) is 102 cm³/mol. The molecule has 2 aromatic heterocycles. The quantitative estimate of drug-likeness (QED) is 0.355. The summed E-state index contributed by atoms with van der Waals surface area (Å²) in [6.45, 7) is 0. The number of H-pyrrole nitrogens is 2. The zero-order chi connectivity index (χ0) is 20.1. The average Bonchev–Trinajstić information content (AvgIpc) is 3.07. The van der Waals surface area contributed by atoms with E-state index in [0.29, 0.717) is 5.52 Å². The Morgan fingerprint density at radius 2 is 1.89 bits per heavy atom. The van der Waals surface area contributed by atoms with E-state index in [4.69, 9.17) is 0 Å². The van der Waals surface area contributed by atoms with E-state index >= 15 is 0 Å². The van der Waals surface area contributed by atoms with Crippen LogP contribution in [0.15, 0.2) is 58.4 Å². The first kappa shape index (κ1) is 17.6. The lowest BCUT2D eigenvalue weighted by Gasteiger charge is -2.10. The maximum Gasteiger partial charge on any atom is 0.337 e. The van der Waals surface area contributed by atoms with Crippen LogP contribution in [0.2, 0.25) is 0 Å². The Hall–Kier alpha value is -3.79. The molecule has 0 saturated carbocycles. The highest BCUT2D eigenvalue weighted by Gasteiger charge is 2.20. The van der Waals surface area contributed by atoms with Crippen molar-refractivity contribution in [2.24, 2.45) is 0 Å². The first-order valence-corrected chi connectivity index (χ1v) is 9.47. The van der Waals surface area contributed by atoms with Crippen molar-refractivity contribution in [1.82, 2.24) is 9.97 Å². The Morgan fingerprint density at radius 3 is 2.61 bits per heavy atom. The third-order valence-corrected chi connectivity index (χ3v) is 5.63. The molecule has 0 aliphatic heterocycles. The fraction of sp³-hybridized carbons (Fsp3) is 0. The Balaban J connectivity index is 1.92. The highest BCUT2D eigenvalue weighted by atomic mass is 32.2. The number of pyridine rings is 1. The van der Waals surface area contributed by atoms with E-state index < -0.39 is 21.6 Å². The zero-order valence-corrected chi connectivity index (χ0v) is 14.9. The van der Waals surface area contributed by atoms with Crippen LogP contribution in [0.25, 0.3) is 21.8 Å². The fourth-order valence-corrected chi connectivity index (χ4v) is 4.10. The molecule has 2 heterocycles. The number of anilines is 1. The summed E-state index contributed by atoms with van der Waals surface area (Å²) in [5.74, 6) is -1.35. The summed E-state index contributed by atoms with van der Waals surface area (Å²) in [5.41, 5.74) is -0.138. The van der Waals surface area contributed by atoms with Crippen molar-refractivity contribution in [3.63, 3.8) is 0 Å². The number of aromatic carboxylic acids is 1. The van der Waals surface area contributed by atoms with Gasteiger partial charge in [-0.3, -0.25) is 9.52 Å². The topological polar surface area (TPSA) is 152 Å². The number of aromatic hydroxyl groups is 1. The molecule has 4 aromatic rings. The van der Waals surface area contributed by atoms with Crippen molar-refractivity contribution in [1.29, 1.82) is 0 Å². The second-order valence-corrected chi connectivity index (χ2v) is 7.76. The fourth-order valence-electron chi connectivity index (χ4n) is 3.03. The van der Waals surface area contributed by atoms with Gasteiger partial charge in [0.05, 0.1) is 16.1 Å². The van der Waals surface area contributed by atoms with Crippen LogP contribution >= 0.6 is 0 Å². The number of phenols is 1. The van der Waals surface area contributed by atoms with Gasteiger partial charge in [0.15, 0.2) is 0 Å². The average molecular weight is 399 g/mol. The van der Waals surface area contributed by atoms with Gasteiger partial charge in [-0.15, -0.1) is 0 Å². The summed E-state index contributed by atoms with van der Waals surface area (Å²) in [4.78, 5) is 28.7. The number of hydrogen-bond acceptors (Lipinski definition) is 5. The monoisotopic (exact) mass is 399 g/mol. The number of fused-ring (bicyclic) bond motifs is 3. The Bertz CT molecular complexity index is 1420. The maximum absolute atomic E-state index is 12.7. The van der Waals surface area contributed by atoms with Crippen molar-refractivity contribution in [3.05, 3.63) is 64.6 Å². The van der Waals surface area contributed by atoms with Crippen LogP contribution in [0.4, 0.5) is 5.69 Å². The molecule has 10 heteroatoms. The van der Waals surface area contributed by atoms with E-state index in [1.165, 1.54) is 48.7 Å². The third-order valence-electron chi connectivity index (χ3n) is 4.25. The highest BCUT2D eigenvalue weighted by molar-refractivity contribution is 7.92. The van der Waals surface area contributed by atoms with E-state index in [9.17, 15) is 28.2 Å². The van der Waals surface area contributed by atoms with Crippen molar-refractivity contribution >= 4 is 43.5 Å². The molecule has 2 aromatic carbocycles. The molecule has 4 rings (SSSR count). The molecular weight excluding hydrogens is 386 g/mol. The number of carbonyl (C=O) groups is 1. The minimum absolute atomic E-state index is 0.0420. The van der Waals surface area contributed by atoms with Gasteiger partial charge < -0.3 is 20.2 Å². The van der Waals surface area contributed by atoms with Gasteiger partial charge in [0.25, 0.3) is 15.6 Å². The molecule has 0 unspecified atom stereocenters. The van der Waals surface area contributed by atoms with Crippen molar-refractivity contribution in [2.75, 3.05) is 4.72 Å². The number of nitrogens with one attached hydrogen (secondary N) is 3. The number of hydrogen-bond donors (Lipinski definition) is 5. The lowest BCUT2D eigenvalue weighted by molar-refractivity contribution is 0.0699. The zero-order valence-electron chi connectivity index (χ0n) is 14.1. The van der Waals surface area contributed by atoms with Crippen LogP contribution in [-0.2, 0) is 10.0 Å². The van der Waals surface area contributed by atoms with Gasteiger partial charge in [0.1, 0.15) is 11.3 Å². The number of phenolic OH excluding ortho intramolecular Hbond substituents is 1. The second-order valence-electron chi connectivity index (χ2n) is 6.07. The summed E-state index contributed by atoms with van der Waals surface area (Å²) in [5, 5.41) is 19.3. The molecule has 0 saturated heterocycles. The summed E-state index contributed by atoms with van der Waals surface area (Å²) in [7, 11) is -4.03. The number of aromatic amines is 2. The molecule has 0 bridgehead atoms. The van der Waals surface area contributed by atoms with Gasteiger partial charge in [0, 0.05) is 28.6 Å². The first-order chi connectivity index (χ1) is 13.3. The molecule has 9 nitrogen and oxygen atoms in total. The molecule has 142 valence electrons. The highest BCUT2D eigenvalue weighted by Crippen LogP contribution is 2.28. The summed E-state index contributed by atoms with van der Waals surface area (Å²) in [6, 6.07) is 9.60. The van der Waals surface area contributed by atoms with Crippen LogP contribution < -0.4 is 10.3 Å². The standard InChI is InChI=1S/C18H13N3O6S/c22-10-3-1-2-9(6-10)21-28(26,27)11-4-5-14-12(7-11)15-13(18(24)25)8-19-16(15)17(23)20-14/h1-8,19,21-22H,(H,20,23)(H,24,25). The third kappa shape index (κ3) is 2.85. The number of carboxylic acids is 1. The Morgan fingerprint density at radius 1 is 1.11 bits per heavy atom. The van der Waals surface area contributed by atoms with Crippen molar-refractivity contribution in [2.45, 2.75) is 4.90 Å². The minimum Gasteiger partial charge on any atom is -0.508 e. The predicted octanol–water partition coefficient (Wildman–Crippen LogP) is 2.21. The summed E-state index contributed by atoms with van der Waals surface area (Å²) >= 11 is 0. The summed E-state index contributed by atoms with van der Waals surface area (Å²) in [6.07, 6.45) is 1.19. The van der Waals surface area contributed by atoms with E-state index in [2.05, 4.69) is 14.7 Å². The molecule has 0 amide bonds. The SMILES string of the molecule is O=C(O)c1c[nH]c2c(=O)[nH]c3ccc(S(=O)(=O)Nc4cccc(O)c4)cc3c12. The smallest absolute Gasteiger partial charge is 0.337 e. The van der Waals surface area contributed by atoms with E-state index in [-0.39, 0.29) is 38.2 Å². The Kier molecular flexibility index (Phi) is 3.86. The van der Waals surface area contributed by atoms with Gasteiger partial charge >= 0.3 is 5.97 Å². The van der Waals surface area contributed by atoms with Crippen LogP contribution in [0, 0.1) is 0 Å². The lowest BCUT2D eigenvalue weighted by atomic mass is 10.1. The van der Waals surface area contributed by atoms with Crippen LogP contribution in [0.1, 0.15) is 10.4 Å². The Labute approximate surface area is 157 Å². The number of rotatable bonds is 4. The van der Waals surface area contributed by atoms with Crippen LogP contribution in [-0.4, -0.2) is 34.6 Å². The van der Waals surface area contributed by atoms with E-state index in [1.54, 1.807) is 0 Å². The molecule has 0 aliphatic carbocycles. The number of benzene rings is 2. The molecule has 5 N–H and O–H groups in total. The van der Waals surface area contributed by atoms with Crippen molar-refractivity contribution in [3.8, 4) is 5.75 Å². The van der Waals surface area contributed by atoms with Crippen LogP contribution in [0.3, 0.4) is 0 Å². The molecule has 0 radical (unpaired) electrons. The summed E-state index contributed by atoms with van der Waals surface area (Å²) < 4.78 is 27.8. The first-order valence-electron chi connectivity index (χ1n) is 7.98. The number of carboxylic acid groups (broad SMARTS) is 1. The molecule has 0 atom stereocenters. The number of sulfonamides is 1. The van der Waals surface area contributed by atoms with Gasteiger partial charge in [-0.1, -0.05) is 6.07 Å². The molecule has 0 spiro atoms. The van der Waals surface area contributed by atoms with Gasteiger partial charge in [-0.25, -0.2) is 13.2 Å². The normalized spacial score (nSPS) is 11.7. The van der Waals surface area contributed by atoms with Gasteiger partial charge in [-0.2, -0.15) is 0 Å². The second kappa shape index (κ2) is 6.13. The van der Waals surface area contributed by atoms with Gasteiger partial charge in [-0.05, 0) is 30.3 Å². The minimum atomic E-state index is -4.03. The van der Waals surface area contributed by atoms with Gasteiger partial charge in [0.2, 0.25) is 0 Å². The maximum atomic E-state index is 12.7. The van der Waals surface area contributed by atoms with Crippen molar-refractivity contribution < 1.29 is 23.4 Å². The number of aromatic nitrogens is 2. The lowest BCUT2D eigenvalue weighted by Crippen LogP contribution is -2.13. The molecule has 0 fully saturated rings. The molecule has 28 heavy (non-hydrogen) atoms. The van der Waals surface area contributed by atoms with E-state index in [1.807, 2.05) is 0 Å². The van der Waals surface area contributed by atoms with Crippen LogP contribution in [0.5, 0.6) is 5.75 Å².